The summed E-state index contributed by atoms with van der Waals surface area (Å²) in [6, 6.07) is 13.0. The molecule has 1 N–H and O–H groups in total. The van der Waals surface area contributed by atoms with Crippen LogP contribution >= 0.6 is 11.6 Å². The minimum Gasteiger partial charge on any atom is -0.367 e. The molecule has 1 saturated heterocycles. The molecule has 1 aliphatic rings. The van der Waals surface area contributed by atoms with Gasteiger partial charge in [-0.25, -0.2) is 17.5 Å². The maximum absolute atomic E-state index is 13.9. The second kappa shape index (κ2) is 9.01. The maximum atomic E-state index is 13.9. The third kappa shape index (κ3) is 5.42. The summed E-state index contributed by atoms with van der Waals surface area (Å²) in [7, 11) is -3.54. The number of benzene rings is 2. The Morgan fingerprint density at radius 3 is 2.48 bits per heavy atom. The van der Waals surface area contributed by atoms with Crippen molar-refractivity contribution in [1.29, 1.82) is 0 Å². The Hall–Kier alpha value is -1.67. The highest BCUT2D eigenvalue weighted by Gasteiger charge is 2.19. The molecule has 0 amide bonds. The van der Waals surface area contributed by atoms with Crippen molar-refractivity contribution < 1.29 is 12.8 Å². The highest BCUT2D eigenvalue weighted by atomic mass is 35.5. The molecule has 1 fully saturated rings. The standard InChI is InChI=1S/C19H23ClFN3O2S/c20-16-5-3-6-17(15-16)27(25,26)22-9-4-10-23-11-13-24(14-12-23)19-8-2-1-7-18(19)21/h1-3,5-8,15,22H,4,9-14H2. The smallest absolute Gasteiger partial charge is 0.240 e. The molecular weight excluding hydrogens is 389 g/mol. The minimum atomic E-state index is -3.54. The molecule has 0 bridgehead atoms. The van der Waals surface area contributed by atoms with Crippen molar-refractivity contribution >= 4 is 27.3 Å². The second-order valence-electron chi connectivity index (χ2n) is 6.49. The first kappa shape index (κ1) is 20.1. The van der Waals surface area contributed by atoms with E-state index in [9.17, 15) is 12.8 Å². The number of anilines is 1. The summed E-state index contributed by atoms with van der Waals surface area (Å²) in [5.41, 5.74) is 0.645. The van der Waals surface area contributed by atoms with Gasteiger partial charge in [-0.2, -0.15) is 0 Å². The number of halogens is 2. The van der Waals surface area contributed by atoms with Gasteiger partial charge in [0.25, 0.3) is 0 Å². The van der Waals surface area contributed by atoms with E-state index in [1.165, 1.54) is 18.2 Å². The van der Waals surface area contributed by atoms with Gasteiger partial charge in [0.2, 0.25) is 10.0 Å². The third-order valence-corrected chi connectivity index (χ3v) is 6.31. The molecule has 5 nitrogen and oxygen atoms in total. The molecule has 1 aliphatic heterocycles. The van der Waals surface area contributed by atoms with E-state index in [0.717, 1.165) is 32.7 Å². The van der Waals surface area contributed by atoms with Crippen molar-refractivity contribution in [2.75, 3.05) is 44.2 Å². The van der Waals surface area contributed by atoms with Crippen LogP contribution in [0.1, 0.15) is 6.42 Å². The van der Waals surface area contributed by atoms with E-state index in [2.05, 4.69) is 9.62 Å². The lowest BCUT2D eigenvalue weighted by Crippen LogP contribution is -2.47. The molecular formula is C19H23ClFN3O2S. The van der Waals surface area contributed by atoms with Crippen molar-refractivity contribution in [3.05, 3.63) is 59.4 Å². The first-order chi connectivity index (χ1) is 13.0. The monoisotopic (exact) mass is 411 g/mol. The lowest BCUT2D eigenvalue weighted by molar-refractivity contribution is 0.255. The van der Waals surface area contributed by atoms with Gasteiger partial charge in [-0.05, 0) is 43.3 Å². The number of sulfonamides is 1. The number of para-hydroxylation sites is 1. The van der Waals surface area contributed by atoms with E-state index in [1.807, 2.05) is 11.0 Å². The van der Waals surface area contributed by atoms with Crippen LogP contribution in [-0.4, -0.2) is 52.6 Å². The predicted molar refractivity (Wildman–Crippen MR) is 106 cm³/mol. The number of rotatable bonds is 7. The number of piperazine rings is 1. The number of hydrogen-bond donors (Lipinski definition) is 1. The number of nitrogens with zero attached hydrogens (tertiary/aromatic N) is 2. The van der Waals surface area contributed by atoms with Crippen LogP contribution in [0.15, 0.2) is 53.4 Å². The van der Waals surface area contributed by atoms with Gasteiger partial charge in [0, 0.05) is 37.7 Å². The maximum Gasteiger partial charge on any atom is 0.240 e. The van der Waals surface area contributed by atoms with Crippen molar-refractivity contribution in [3.63, 3.8) is 0 Å². The van der Waals surface area contributed by atoms with Crippen molar-refractivity contribution in [3.8, 4) is 0 Å². The Bertz CT molecular complexity index is 871. The Labute approximate surface area is 164 Å². The van der Waals surface area contributed by atoms with Crippen LogP contribution in [-0.2, 0) is 10.0 Å². The van der Waals surface area contributed by atoms with Crippen LogP contribution in [0.25, 0.3) is 0 Å². The lowest BCUT2D eigenvalue weighted by Gasteiger charge is -2.36. The molecule has 27 heavy (non-hydrogen) atoms. The molecule has 0 radical (unpaired) electrons. The summed E-state index contributed by atoms with van der Waals surface area (Å²) in [5, 5.41) is 0.394. The molecule has 0 aromatic heterocycles. The molecule has 8 heteroatoms. The van der Waals surface area contributed by atoms with Gasteiger partial charge < -0.3 is 4.90 Å². The molecule has 0 aliphatic carbocycles. The Kier molecular flexibility index (Phi) is 6.70. The fraction of sp³-hybridized carbons (Fsp3) is 0.368. The summed E-state index contributed by atoms with van der Waals surface area (Å²) in [5.74, 6) is -0.193. The van der Waals surface area contributed by atoms with E-state index in [-0.39, 0.29) is 10.7 Å². The van der Waals surface area contributed by atoms with Crippen LogP contribution in [0, 0.1) is 5.82 Å². The molecule has 2 aromatic carbocycles. The molecule has 2 aromatic rings. The van der Waals surface area contributed by atoms with Gasteiger partial charge in [0.15, 0.2) is 0 Å². The zero-order valence-corrected chi connectivity index (χ0v) is 16.5. The van der Waals surface area contributed by atoms with Crippen LogP contribution in [0.4, 0.5) is 10.1 Å². The van der Waals surface area contributed by atoms with Crippen molar-refractivity contribution in [1.82, 2.24) is 9.62 Å². The predicted octanol–water partition coefficient (Wildman–Crippen LogP) is 2.97. The summed E-state index contributed by atoms with van der Waals surface area (Å²) in [4.78, 5) is 4.49. The number of hydrogen-bond acceptors (Lipinski definition) is 4. The van der Waals surface area contributed by atoms with Gasteiger partial charge in [-0.15, -0.1) is 0 Å². The van der Waals surface area contributed by atoms with Crippen molar-refractivity contribution in [2.45, 2.75) is 11.3 Å². The average molecular weight is 412 g/mol. The number of nitrogens with one attached hydrogen (secondary N) is 1. The normalized spacial score (nSPS) is 15.9. The minimum absolute atomic E-state index is 0.175. The fourth-order valence-corrected chi connectivity index (χ4v) is 4.52. The Morgan fingerprint density at radius 2 is 1.78 bits per heavy atom. The third-order valence-electron chi connectivity index (χ3n) is 4.62. The largest absolute Gasteiger partial charge is 0.367 e. The first-order valence-electron chi connectivity index (χ1n) is 8.93. The summed E-state index contributed by atoms with van der Waals surface area (Å²) in [6.07, 6.45) is 0.708. The van der Waals surface area contributed by atoms with E-state index in [4.69, 9.17) is 11.6 Å². The van der Waals surface area contributed by atoms with E-state index >= 15 is 0 Å². The SMILES string of the molecule is O=S(=O)(NCCCN1CCN(c2ccccc2F)CC1)c1cccc(Cl)c1. The van der Waals surface area contributed by atoms with Crippen LogP contribution in [0.2, 0.25) is 5.02 Å². The van der Waals surface area contributed by atoms with E-state index in [1.54, 1.807) is 24.3 Å². The zero-order valence-electron chi connectivity index (χ0n) is 14.9. The second-order valence-corrected chi connectivity index (χ2v) is 8.69. The lowest BCUT2D eigenvalue weighted by atomic mass is 10.2. The Balaban J connectivity index is 1.41. The van der Waals surface area contributed by atoms with Gasteiger partial charge in [0.05, 0.1) is 10.6 Å². The fourth-order valence-electron chi connectivity index (χ4n) is 3.15. The summed E-state index contributed by atoms with van der Waals surface area (Å²) >= 11 is 5.85. The molecule has 3 rings (SSSR count). The zero-order chi connectivity index (χ0) is 19.3. The molecule has 0 unspecified atom stereocenters. The van der Waals surface area contributed by atoms with Gasteiger partial charge in [-0.3, -0.25) is 4.90 Å². The summed E-state index contributed by atoms with van der Waals surface area (Å²) < 4.78 is 41.0. The highest BCUT2D eigenvalue weighted by Crippen LogP contribution is 2.20. The van der Waals surface area contributed by atoms with Crippen molar-refractivity contribution in [2.24, 2.45) is 0 Å². The quantitative estimate of drug-likeness (QED) is 0.712. The van der Waals surface area contributed by atoms with E-state index in [0.29, 0.717) is 23.7 Å². The highest BCUT2D eigenvalue weighted by molar-refractivity contribution is 7.89. The molecule has 1 heterocycles. The van der Waals surface area contributed by atoms with Gasteiger partial charge in [-0.1, -0.05) is 29.8 Å². The molecule has 0 saturated carbocycles. The topological polar surface area (TPSA) is 52.7 Å². The molecule has 0 spiro atoms. The Morgan fingerprint density at radius 1 is 1.04 bits per heavy atom. The van der Waals surface area contributed by atoms with Crippen LogP contribution in [0.5, 0.6) is 0 Å². The summed E-state index contributed by atoms with van der Waals surface area (Å²) in [6.45, 7) is 4.33. The molecule has 146 valence electrons. The average Bonchev–Trinajstić information content (AvgIpc) is 2.66. The first-order valence-corrected chi connectivity index (χ1v) is 10.8. The van der Waals surface area contributed by atoms with Crippen LogP contribution < -0.4 is 9.62 Å². The van der Waals surface area contributed by atoms with Gasteiger partial charge >= 0.3 is 0 Å². The van der Waals surface area contributed by atoms with Gasteiger partial charge in [0.1, 0.15) is 5.82 Å². The van der Waals surface area contributed by atoms with Crippen LogP contribution in [0.3, 0.4) is 0 Å². The molecule has 0 atom stereocenters. The van der Waals surface area contributed by atoms with E-state index < -0.39 is 10.0 Å².